The van der Waals surface area contributed by atoms with E-state index in [-0.39, 0.29) is 17.4 Å². The van der Waals surface area contributed by atoms with Crippen LogP contribution in [0.15, 0.2) is 42.6 Å². The number of rotatable bonds is 3. The SMILES string of the molecule is CC(C)(C)c1ccnc(-c2ccc(C(=O)NC3CCOCC3)cc2)c1. The molecule has 25 heavy (non-hydrogen) atoms. The Morgan fingerprint density at radius 1 is 1.12 bits per heavy atom. The molecule has 1 aromatic heterocycles. The Labute approximate surface area is 149 Å². The molecule has 0 saturated carbocycles. The molecular formula is C21H26N2O2. The molecule has 1 fully saturated rings. The van der Waals surface area contributed by atoms with Gasteiger partial charge < -0.3 is 10.1 Å². The molecule has 1 aliphatic heterocycles. The zero-order valence-electron chi connectivity index (χ0n) is 15.2. The Kier molecular flexibility index (Phi) is 5.19. The van der Waals surface area contributed by atoms with Crippen molar-refractivity contribution in [2.24, 2.45) is 0 Å². The zero-order chi connectivity index (χ0) is 17.9. The number of aromatic nitrogens is 1. The molecule has 2 heterocycles. The summed E-state index contributed by atoms with van der Waals surface area (Å²) in [6, 6.07) is 12.1. The molecule has 1 N–H and O–H groups in total. The van der Waals surface area contributed by atoms with Gasteiger partial charge in [-0.2, -0.15) is 0 Å². The summed E-state index contributed by atoms with van der Waals surface area (Å²) in [5.41, 5.74) is 3.97. The molecule has 0 unspecified atom stereocenters. The Morgan fingerprint density at radius 2 is 1.80 bits per heavy atom. The Balaban J connectivity index is 1.72. The lowest BCUT2D eigenvalue weighted by molar-refractivity contribution is 0.0696. The number of amides is 1. The Morgan fingerprint density at radius 3 is 2.44 bits per heavy atom. The van der Waals surface area contributed by atoms with Crippen LogP contribution in [0.4, 0.5) is 0 Å². The normalized spacial score (nSPS) is 15.8. The van der Waals surface area contributed by atoms with Gasteiger partial charge in [-0.25, -0.2) is 0 Å². The Hall–Kier alpha value is -2.20. The van der Waals surface area contributed by atoms with Crippen LogP contribution in [0.3, 0.4) is 0 Å². The number of carbonyl (C=O) groups excluding carboxylic acids is 1. The maximum atomic E-state index is 12.4. The van der Waals surface area contributed by atoms with Gasteiger partial charge in [0.25, 0.3) is 5.91 Å². The molecule has 2 aromatic rings. The third kappa shape index (κ3) is 4.45. The van der Waals surface area contributed by atoms with Gasteiger partial charge in [-0.3, -0.25) is 9.78 Å². The summed E-state index contributed by atoms with van der Waals surface area (Å²) in [5, 5.41) is 3.09. The zero-order valence-corrected chi connectivity index (χ0v) is 15.2. The van der Waals surface area contributed by atoms with Crippen LogP contribution < -0.4 is 5.32 Å². The van der Waals surface area contributed by atoms with Crippen molar-refractivity contribution < 1.29 is 9.53 Å². The van der Waals surface area contributed by atoms with E-state index in [0.29, 0.717) is 5.56 Å². The summed E-state index contributed by atoms with van der Waals surface area (Å²) in [5.74, 6) is -0.0187. The van der Waals surface area contributed by atoms with Gasteiger partial charge in [-0.05, 0) is 48.1 Å². The smallest absolute Gasteiger partial charge is 0.251 e. The van der Waals surface area contributed by atoms with E-state index in [4.69, 9.17) is 4.74 Å². The van der Waals surface area contributed by atoms with Crippen molar-refractivity contribution in [1.82, 2.24) is 10.3 Å². The maximum Gasteiger partial charge on any atom is 0.251 e. The minimum atomic E-state index is -0.0187. The van der Waals surface area contributed by atoms with E-state index < -0.39 is 0 Å². The van der Waals surface area contributed by atoms with Crippen molar-refractivity contribution >= 4 is 5.91 Å². The summed E-state index contributed by atoms with van der Waals surface area (Å²) in [7, 11) is 0. The average Bonchev–Trinajstić information content (AvgIpc) is 2.62. The van der Waals surface area contributed by atoms with Gasteiger partial charge >= 0.3 is 0 Å². The van der Waals surface area contributed by atoms with Gasteiger partial charge in [0.1, 0.15) is 0 Å². The molecule has 4 heteroatoms. The van der Waals surface area contributed by atoms with Crippen LogP contribution in [0.1, 0.15) is 49.5 Å². The van der Waals surface area contributed by atoms with Crippen LogP contribution in [0.2, 0.25) is 0 Å². The first-order chi connectivity index (χ1) is 11.9. The Bertz CT molecular complexity index is 726. The minimum Gasteiger partial charge on any atom is -0.381 e. The summed E-state index contributed by atoms with van der Waals surface area (Å²) in [6.07, 6.45) is 3.61. The highest BCUT2D eigenvalue weighted by molar-refractivity contribution is 5.94. The fourth-order valence-corrected chi connectivity index (χ4v) is 2.96. The van der Waals surface area contributed by atoms with E-state index in [1.165, 1.54) is 5.56 Å². The van der Waals surface area contributed by atoms with Crippen molar-refractivity contribution in [3.05, 3.63) is 53.7 Å². The topological polar surface area (TPSA) is 51.2 Å². The van der Waals surface area contributed by atoms with Crippen molar-refractivity contribution in [3.63, 3.8) is 0 Å². The summed E-state index contributed by atoms with van der Waals surface area (Å²) in [4.78, 5) is 16.9. The number of nitrogens with one attached hydrogen (secondary N) is 1. The second kappa shape index (κ2) is 7.36. The predicted molar refractivity (Wildman–Crippen MR) is 99.7 cm³/mol. The molecule has 0 bridgehead atoms. The highest BCUT2D eigenvalue weighted by Gasteiger charge is 2.17. The minimum absolute atomic E-state index is 0.0187. The van der Waals surface area contributed by atoms with Crippen molar-refractivity contribution in [1.29, 1.82) is 0 Å². The first-order valence-electron chi connectivity index (χ1n) is 8.89. The molecule has 0 atom stereocenters. The van der Waals surface area contributed by atoms with Crippen LogP contribution in [0, 0.1) is 0 Å². The molecule has 1 amide bonds. The van der Waals surface area contributed by atoms with Crippen LogP contribution in [-0.2, 0) is 10.2 Å². The van der Waals surface area contributed by atoms with Crippen LogP contribution in [0.5, 0.6) is 0 Å². The largest absolute Gasteiger partial charge is 0.381 e. The number of carbonyl (C=O) groups is 1. The molecule has 1 aliphatic rings. The lowest BCUT2D eigenvalue weighted by Gasteiger charge is -2.23. The number of ether oxygens (including phenoxy) is 1. The summed E-state index contributed by atoms with van der Waals surface area (Å²) < 4.78 is 5.33. The second-order valence-electron chi connectivity index (χ2n) is 7.62. The molecule has 0 spiro atoms. The van der Waals surface area contributed by atoms with Crippen molar-refractivity contribution in [2.45, 2.75) is 45.1 Å². The van der Waals surface area contributed by atoms with Crippen LogP contribution in [-0.4, -0.2) is 30.1 Å². The molecule has 1 aromatic carbocycles. The first-order valence-corrected chi connectivity index (χ1v) is 8.89. The lowest BCUT2D eigenvalue weighted by atomic mass is 9.87. The van der Waals surface area contributed by atoms with E-state index in [9.17, 15) is 4.79 Å². The number of benzene rings is 1. The number of nitrogens with zero attached hydrogens (tertiary/aromatic N) is 1. The molecule has 4 nitrogen and oxygen atoms in total. The van der Waals surface area contributed by atoms with Crippen LogP contribution in [0.25, 0.3) is 11.3 Å². The van der Waals surface area contributed by atoms with Gasteiger partial charge in [-0.15, -0.1) is 0 Å². The third-order valence-corrected chi connectivity index (χ3v) is 4.63. The highest BCUT2D eigenvalue weighted by Crippen LogP contribution is 2.26. The van der Waals surface area contributed by atoms with Gasteiger partial charge in [0.05, 0.1) is 5.69 Å². The predicted octanol–water partition coefficient (Wildman–Crippen LogP) is 3.95. The molecule has 0 aliphatic carbocycles. The standard InChI is InChI=1S/C21H26N2O2/c1-21(2,3)17-8-11-22-19(14-17)15-4-6-16(7-5-15)20(24)23-18-9-12-25-13-10-18/h4-8,11,14,18H,9-10,12-13H2,1-3H3,(H,23,24). The fraction of sp³-hybridized carbons (Fsp3) is 0.429. The van der Waals surface area contributed by atoms with Gasteiger partial charge in [0, 0.05) is 36.6 Å². The number of hydrogen-bond acceptors (Lipinski definition) is 3. The van der Waals surface area contributed by atoms with Gasteiger partial charge in [-0.1, -0.05) is 32.9 Å². The molecule has 1 saturated heterocycles. The number of hydrogen-bond donors (Lipinski definition) is 1. The number of pyridine rings is 1. The quantitative estimate of drug-likeness (QED) is 0.922. The summed E-state index contributed by atoms with van der Waals surface area (Å²) in [6.45, 7) is 8.01. The van der Waals surface area contributed by atoms with E-state index >= 15 is 0 Å². The maximum absolute atomic E-state index is 12.4. The van der Waals surface area contributed by atoms with Crippen LogP contribution >= 0.6 is 0 Å². The van der Waals surface area contributed by atoms with Gasteiger partial charge in [0.15, 0.2) is 0 Å². The van der Waals surface area contributed by atoms with E-state index in [1.54, 1.807) is 0 Å². The second-order valence-corrected chi connectivity index (χ2v) is 7.62. The van der Waals surface area contributed by atoms with E-state index in [1.807, 2.05) is 30.5 Å². The first kappa shape index (κ1) is 17.6. The monoisotopic (exact) mass is 338 g/mol. The average molecular weight is 338 g/mol. The highest BCUT2D eigenvalue weighted by atomic mass is 16.5. The lowest BCUT2D eigenvalue weighted by Crippen LogP contribution is -2.38. The van der Waals surface area contributed by atoms with Gasteiger partial charge in [0.2, 0.25) is 0 Å². The van der Waals surface area contributed by atoms with Crippen molar-refractivity contribution in [3.8, 4) is 11.3 Å². The molecular weight excluding hydrogens is 312 g/mol. The molecule has 132 valence electrons. The summed E-state index contributed by atoms with van der Waals surface area (Å²) >= 11 is 0. The van der Waals surface area contributed by atoms with E-state index in [0.717, 1.165) is 37.3 Å². The molecule has 0 radical (unpaired) electrons. The third-order valence-electron chi connectivity index (χ3n) is 4.63. The van der Waals surface area contributed by atoms with Crippen molar-refractivity contribution in [2.75, 3.05) is 13.2 Å². The molecule has 3 rings (SSSR count). The van der Waals surface area contributed by atoms with E-state index in [2.05, 4.69) is 43.2 Å². The fourth-order valence-electron chi connectivity index (χ4n) is 2.96.